The summed E-state index contributed by atoms with van der Waals surface area (Å²) in [7, 11) is 0. The molecule has 1 atom stereocenters. The Kier molecular flexibility index (Phi) is 3.57. The molecule has 1 rings (SSSR count). The zero-order chi connectivity index (χ0) is 10.8. The molecule has 14 heavy (non-hydrogen) atoms. The topological polar surface area (TPSA) is 26.0 Å². The second kappa shape index (κ2) is 4.33. The van der Waals surface area contributed by atoms with Gasteiger partial charge in [0.15, 0.2) is 0 Å². The second-order valence-corrected chi connectivity index (χ2v) is 5.15. The third kappa shape index (κ3) is 2.73. The average Bonchev–Trinajstić information content (AvgIpc) is 2.02. The lowest BCUT2D eigenvalue weighted by atomic mass is 9.76. The molecule has 0 heterocycles. The molecule has 0 amide bonds. The van der Waals surface area contributed by atoms with Gasteiger partial charge in [-0.15, -0.1) is 0 Å². The van der Waals surface area contributed by atoms with E-state index in [1.807, 2.05) is 18.2 Å². The highest BCUT2D eigenvalue weighted by Gasteiger charge is 2.24. The number of nitrogens with two attached hydrogens (primary N) is 1. The first-order chi connectivity index (χ1) is 6.45. The Bertz CT molecular complexity index is 301. The summed E-state index contributed by atoms with van der Waals surface area (Å²) in [5.74, 6) is 0.362. The normalized spacial score (nSPS) is 14.1. The molecule has 0 saturated heterocycles. The van der Waals surface area contributed by atoms with E-state index in [2.05, 4.69) is 26.8 Å². The van der Waals surface area contributed by atoms with Crippen molar-refractivity contribution in [3.8, 4) is 0 Å². The van der Waals surface area contributed by atoms with Gasteiger partial charge in [-0.05, 0) is 29.7 Å². The lowest BCUT2D eigenvalue weighted by Crippen LogP contribution is -2.25. The summed E-state index contributed by atoms with van der Waals surface area (Å²) < 4.78 is 0. The molecule has 2 N–H and O–H groups in total. The molecule has 78 valence electrons. The summed E-state index contributed by atoms with van der Waals surface area (Å²) in [4.78, 5) is 0. The van der Waals surface area contributed by atoms with E-state index >= 15 is 0 Å². The highest BCUT2D eigenvalue weighted by Crippen LogP contribution is 2.34. The lowest BCUT2D eigenvalue weighted by Gasteiger charge is -2.30. The summed E-state index contributed by atoms with van der Waals surface area (Å²) in [6.45, 7) is 7.26. The van der Waals surface area contributed by atoms with Crippen LogP contribution in [0.3, 0.4) is 0 Å². The molecular weight excluding hydrogens is 194 g/mol. The van der Waals surface area contributed by atoms with Gasteiger partial charge < -0.3 is 5.73 Å². The summed E-state index contributed by atoms with van der Waals surface area (Å²) >= 11 is 5.96. The zero-order valence-corrected chi connectivity index (χ0v) is 9.81. The van der Waals surface area contributed by atoms with Crippen molar-refractivity contribution in [3.05, 3.63) is 34.9 Å². The number of hydrogen-bond donors (Lipinski definition) is 1. The van der Waals surface area contributed by atoms with Crippen LogP contribution in [0.2, 0.25) is 5.02 Å². The molecule has 0 radical (unpaired) electrons. The minimum absolute atomic E-state index is 0.180. The Balaban J connectivity index is 3.01. The quantitative estimate of drug-likeness (QED) is 0.797. The van der Waals surface area contributed by atoms with E-state index in [0.717, 1.165) is 5.02 Å². The van der Waals surface area contributed by atoms with Crippen LogP contribution in [0.25, 0.3) is 0 Å². The molecule has 2 heteroatoms. The highest BCUT2D eigenvalue weighted by atomic mass is 35.5. The standard InChI is InChI=1S/C12H18ClN/c1-12(2,3)11(8-14)9-5-4-6-10(13)7-9/h4-7,11H,8,14H2,1-3H3. The van der Waals surface area contributed by atoms with Gasteiger partial charge in [0, 0.05) is 10.9 Å². The van der Waals surface area contributed by atoms with Crippen molar-refractivity contribution in [1.29, 1.82) is 0 Å². The highest BCUT2D eigenvalue weighted by molar-refractivity contribution is 6.30. The number of rotatable bonds is 2. The van der Waals surface area contributed by atoms with Crippen LogP contribution in [0.15, 0.2) is 24.3 Å². The monoisotopic (exact) mass is 211 g/mol. The van der Waals surface area contributed by atoms with Crippen LogP contribution < -0.4 is 5.73 Å². The fourth-order valence-electron chi connectivity index (χ4n) is 1.71. The first kappa shape index (κ1) is 11.5. The zero-order valence-electron chi connectivity index (χ0n) is 9.05. The van der Waals surface area contributed by atoms with Crippen LogP contribution in [0.5, 0.6) is 0 Å². The van der Waals surface area contributed by atoms with Gasteiger partial charge in [0.05, 0.1) is 0 Å². The van der Waals surface area contributed by atoms with Crippen LogP contribution in [-0.2, 0) is 0 Å². The molecule has 0 aliphatic heterocycles. The van der Waals surface area contributed by atoms with Crippen molar-refractivity contribution in [3.63, 3.8) is 0 Å². The SMILES string of the molecule is CC(C)(C)C(CN)c1cccc(Cl)c1. The van der Waals surface area contributed by atoms with Crippen molar-refractivity contribution in [2.45, 2.75) is 26.7 Å². The predicted octanol–water partition coefficient (Wildman–Crippen LogP) is 3.43. The van der Waals surface area contributed by atoms with Crippen molar-refractivity contribution >= 4 is 11.6 Å². The van der Waals surface area contributed by atoms with Crippen molar-refractivity contribution in [1.82, 2.24) is 0 Å². The van der Waals surface area contributed by atoms with E-state index < -0.39 is 0 Å². The van der Waals surface area contributed by atoms with E-state index in [0.29, 0.717) is 12.5 Å². The molecule has 0 fully saturated rings. The van der Waals surface area contributed by atoms with Gasteiger partial charge in [0.25, 0.3) is 0 Å². The summed E-state index contributed by atoms with van der Waals surface area (Å²) in [5.41, 5.74) is 7.21. The molecule has 1 unspecified atom stereocenters. The van der Waals surface area contributed by atoms with Gasteiger partial charge in [0.1, 0.15) is 0 Å². The van der Waals surface area contributed by atoms with Gasteiger partial charge in [-0.3, -0.25) is 0 Å². The lowest BCUT2D eigenvalue weighted by molar-refractivity contribution is 0.325. The molecule has 0 aromatic heterocycles. The van der Waals surface area contributed by atoms with Crippen molar-refractivity contribution < 1.29 is 0 Å². The fraction of sp³-hybridized carbons (Fsp3) is 0.500. The van der Waals surface area contributed by atoms with E-state index in [9.17, 15) is 0 Å². The average molecular weight is 212 g/mol. The first-order valence-electron chi connectivity index (χ1n) is 4.90. The minimum atomic E-state index is 0.180. The van der Waals surface area contributed by atoms with Gasteiger partial charge in [0.2, 0.25) is 0 Å². The molecule has 1 nitrogen and oxygen atoms in total. The molecule has 1 aromatic rings. The molecule has 1 aromatic carbocycles. The minimum Gasteiger partial charge on any atom is -0.330 e. The Morgan fingerprint density at radius 1 is 1.36 bits per heavy atom. The smallest absolute Gasteiger partial charge is 0.0408 e. The Morgan fingerprint density at radius 2 is 2.00 bits per heavy atom. The van der Waals surface area contributed by atoms with E-state index in [-0.39, 0.29) is 5.41 Å². The second-order valence-electron chi connectivity index (χ2n) is 4.71. The summed E-state index contributed by atoms with van der Waals surface area (Å²) in [5, 5.41) is 0.783. The van der Waals surface area contributed by atoms with Crippen molar-refractivity contribution in [2.75, 3.05) is 6.54 Å². The predicted molar refractivity (Wildman–Crippen MR) is 62.7 cm³/mol. The summed E-state index contributed by atoms with van der Waals surface area (Å²) in [6, 6.07) is 7.96. The van der Waals surface area contributed by atoms with Gasteiger partial charge in [-0.1, -0.05) is 44.5 Å². The fourth-order valence-corrected chi connectivity index (χ4v) is 1.91. The molecule has 0 aliphatic carbocycles. The van der Waals surface area contributed by atoms with Crippen LogP contribution in [0, 0.1) is 5.41 Å². The molecule has 0 saturated carbocycles. The van der Waals surface area contributed by atoms with Crippen LogP contribution >= 0.6 is 11.6 Å². The van der Waals surface area contributed by atoms with E-state index in [4.69, 9.17) is 17.3 Å². The van der Waals surface area contributed by atoms with E-state index in [1.54, 1.807) is 0 Å². The third-order valence-corrected chi connectivity index (χ3v) is 2.77. The molecule has 0 bridgehead atoms. The maximum absolute atomic E-state index is 5.96. The Morgan fingerprint density at radius 3 is 2.43 bits per heavy atom. The van der Waals surface area contributed by atoms with E-state index in [1.165, 1.54) is 5.56 Å². The molecule has 0 spiro atoms. The molecular formula is C12H18ClN. The van der Waals surface area contributed by atoms with Gasteiger partial charge >= 0.3 is 0 Å². The summed E-state index contributed by atoms with van der Waals surface area (Å²) in [6.07, 6.45) is 0. The number of hydrogen-bond acceptors (Lipinski definition) is 1. The van der Waals surface area contributed by atoms with Crippen LogP contribution in [0.4, 0.5) is 0 Å². The van der Waals surface area contributed by atoms with Gasteiger partial charge in [-0.2, -0.15) is 0 Å². The van der Waals surface area contributed by atoms with Crippen LogP contribution in [0.1, 0.15) is 32.3 Å². The molecule has 0 aliphatic rings. The van der Waals surface area contributed by atoms with Gasteiger partial charge in [-0.25, -0.2) is 0 Å². The first-order valence-corrected chi connectivity index (χ1v) is 5.28. The number of benzene rings is 1. The Labute approximate surface area is 91.3 Å². The largest absolute Gasteiger partial charge is 0.330 e. The maximum Gasteiger partial charge on any atom is 0.0408 e. The maximum atomic E-state index is 5.96. The Hall–Kier alpha value is -0.530. The van der Waals surface area contributed by atoms with Crippen molar-refractivity contribution in [2.24, 2.45) is 11.1 Å². The van der Waals surface area contributed by atoms with Crippen LogP contribution in [-0.4, -0.2) is 6.54 Å². The number of halogens is 1. The third-order valence-electron chi connectivity index (χ3n) is 2.53.